The number of benzene rings is 1. The largest absolute Gasteiger partial charge is 0.493 e. The maximum atomic E-state index is 11.0. The van der Waals surface area contributed by atoms with Crippen LogP contribution in [0.4, 0.5) is 5.69 Å². The van der Waals surface area contributed by atoms with Gasteiger partial charge in [0.2, 0.25) is 5.91 Å². The summed E-state index contributed by atoms with van der Waals surface area (Å²) in [4.78, 5) is 11.0. The molecule has 0 aromatic heterocycles. The van der Waals surface area contributed by atoms with Gasteiger partial charge in [0.25, 0.3) is 0 Å². The molecule has 0 bridgehead atoms. The highest BCUT2D eigenvalue weighted by Crippen LogP contribution is 2.22. The van der Waals surface area contributed by atoms with Gasteiger partial charge < -0.3 is 15.8 Å². The number of ether oxygens (including phenoxy) is 1. The number of nitrogen functional groups attached to an aromatic ring is 1. The second kappa shape index (κ2) is 7.37. The van der Waals surface area contributed by atoms with Crippen LogP contribution in [0.15, 0.2) is 30.9 Å². The molecule has 0 aliphatic carbocycles. The number of carbonyl (C=O) groups excluding carboxylic acids is 1. The van der Waals surface area contributed by atoms with Crippen molar-refractivity contribution < 1.29 is 9.53 Å². The van der Waals surface area contributed by atoms with Crippen LogP contribution in [0.3, 0.4) is 0 Å². The van der Waals surface area contributed by atoms with Crippen LogP contribution in [0.2, 0.25) is 0 Å². The number of carbonyl (C=O) groups is 1. The molecule has 1 amide bonds. The molecule has 98 valence electrons. The van der Waals surface area contributed by atoms with Crippen molar-refractivity contribution in [1.82, 2.24) is 5.32 Å². The Morgan fingerprint density at radius 3 is 3.00 bits per heavy atom. The van der Waals surface area contributed by atoms with Crippen LogP contribution in [-0.2, 0) is 11.2 Å². The quantitative estimate of drug-likeness (QED) is 0.440. The Morgan fingerprint density at radius 2 is 2.33 bits per heavy atom. The molecular weight excluding hydrogens is 228 g/mol. The Hall–Kier alpha value is -1.97. The van der Waals surface area contributed by atoms with Crippen molar-refractivity contribution in [3.05, 3.63) is 36.4 Å². The molecule has 0 aliphatic heterocycles. The standard InChI is InChI=1S/C14H20N2O2/c1-3-5-11-10-12(15)7-8-13(11)18-9-4-6-14(17)16-2/h3,7-8,10H,1,4-6,9,15H2,2H3,(H,16,17). The molecule has 1 aromatic rings. The fraction of sp³-hybridized carbons (Fsp3) is 0.357. The van der Waals surface area contributed by atoms with E-state index in [2.05, 4.69) is 11.9 Å². The zero-order chi connectivity index (χ0) is 13.4. The van der Waals surface area contributed by atoms with Gasteiger partial charge in [-0.1, -0.05) is 6.08 Å². The average Bonchev–Trinajstić information content (AvgIpc) is 2.36. The van der Waals surface area contributed by atoms with Crippen LogP contribution in [0.1, 0.15) is 18.4 Å². The first-order chi connectivity index (χ1) is 8.67. The lowest BCUT2D eigenvalue weighted by Gasteiger charge is -2.11. The van der Waals surface area contributed by atoms with E-state index in [-0.39, 0.29) is 5.91 Å². The van der Waals surface area contributed by atoms with E-state index in [1.165, 1.54) is 0 Å². The van der Waals surface area contributed by atoms with Crippen molar-refractivity contribution in [1.29, 1.82) is 0 Å². The van der Waals surface area contributed by atoms with Gasteiger partial charge in [-0.15, -0.1) is 6.58 Å². The second-order valence-corrected chi connectivity index (χ2v) is 3.99. The number of allylic oxidation sites excluding steroid dienone is 1. The molecule has 0 radical (unpaired) electrons. The molecule has 0 spiro atoms. The van der Waals surface area contributed by atoms with Gasteiger partial charge in [-0.05, 0) is 36.6 Å². The molecule has 0 heterocycles. The van der Waals surface area contributed by atoms with Crippen molar-refractivity contribution in [2.24, 2.45) is 0 Å². The first-order valence-electron chi connectivity index (χ1n) is 6.00. The third-order valence-corrected chi connectivity index (χ3v) is 2.53. The molecule has 1 aromatic carbocycles. The molecule has 1 rings (SSSR count). The van der Waals surface area contributed by atoms with Crippen molar-refractivity contribution in [3.8, 4) is 5.75 Å². The number of nitrogens with two attached hydrogens (primary N) is 1. The minimum atomic E-state index is 0.0298. The summed E-state index contributed by atoms with van der Waals surface area (Å²) >= 11 is 0. The predicted octanol–water partition coefficient (Wildman–Crippen LogP) is 1.90. The summed E-state index contributed by atoms with van der Waals surface area (Å²) in [6.07, 6.45) is 3.70. The number of amides is 1. The van der Waals surface area contributed by atoms with Crippen LogP contribution in [0.25, 0.3) is 0 Å². The fourth-order valence-corrected chi connectivity index (χ4v) is 1.60. The Morgan fingerprint density at radius 1 is 1.56 bits per heavy atom. The summed E-state index contributed by atoms with van der Waals surface area (Å²) < 4.78 is 5.66. The summed E-state index contributed by atoms with van der Waals surface area (Å²) in [5.74, 6) is 0.836. The Bertz CT molecular complexity index is 416. The summed E-state index contributed by atoms with van der Waals surface area (Å²) in [6, 6.07) is 5.55. The monoisotopic (exact) mass is 248 g/mol. The highest BCUT2D eigenvalue weighted by Gasteiger charge is 2.04. The maximum absolute atomic E-state index is 11.0. The minimum absolute atomic E-state index is 0.0298. The Labute approximate surface area is 108 Å². The van der Waals surface area contributed by atoms with E-state index >= 15 is 0 Å². The minimum Gasteiger partial charge on any atom is -0.493 e. The summed E-state index contributed by atoms with van der Waals surface area (Å²) in [7, 11) is 1.63. The van der Waals surface area contributed by atoms with E-state index < -0.39 is 0 Å². The molecule has 0 aliphatic rings. The Balaban J connectivity index is 2.50. The molecule has 18 heavy (non-hydrogen) atoms. The van der Waals surface area contributed by atoms with Crippen LogP contribution in [0.5, 0.6) is 5.75 Å². The third kappa shape index (κ3) is 4.49. The van der Waals surface area contributed by atoms with Crippen molar-refractivity contribution in [2.45, 2.75) is 19.3 Å². The van der Waals surface area contributed by atoms with E-state index in [4.69, 9.17) is 10.5 Å². The van der Waals surface area contributed by atoms with E-state index in [1.807, 2.05) is 18.2 Å². The topological polar surface area (TPSA) is 64.3 Å². The highest BCUT2D eigenvalue weighted by atomic mass is 16.5. The highest BCUT2D eigenvalue weighted by molar-refractivity contribution is 5.75. The SMILES string of the molecule is C=CCc1cc(N)ccc1OCCCC(=O)NC. The molecule has 3 N–H and O–H groups in total. The van der Waals surface area contributed by atoms with Crippen molar-refractivity contribution in [3.63, 3.8) is 0 Å². The van der Waals surface area contributed by atoms with E-state index in [0.29, 0.717) is 25.1 Å². The van der Waals surface area contributed by atoms with Gasteiger partial charge in [0.15, 0.2) is 0 Å². The number of hydrogen-bond acceptors (Lipinski definition) is 3. The number of hydrogen-bond donors (Lipinski definition) is 2. The van der Waals surface area contributed by atoms with Crippen LogP contribution < -0.4 is 15.8 Å². The first-order valence-corrected chi connectivity index (χ1v) is 6.00. The normalized spacial score (nSPS) is 9.83. The molecule has 0 saturated carbocycles. The van der Waals surface area contributed by atoms with Gasteiger partial charge in [0.05, 0.1) is 6.61 Å². The lowest BCUT2D eigenvalue weighted by atomic mass is 10.1. The van der Waals surface area contributed by atoms with Crippen LogP contribution >= 0.6 is 0 Å². The zero-order valence-corrected chi connectivity index (χ0v) is 10.7. The van der Waals surface area contributed by atoms with Crippen molar-refractivity contribution >= 4 is 11.6 Å². The molecule has 0 unspecified atom stereocenters. The number of nitrogens with one attached hydrogen (secondary N) is 1. The molecule has 4 nitrogen and oxygen atoms in total. The summed E-state index contributed by atoms with van der Waals surface area (Å²) in [5, 5.41) is 2.58. The van der Waals surface area contributed by atoms with Crippen molar-refractivity contribution in [2.75, 3.05) is 19.4 Å². The van der Waals surface area contributed by atoms with E-state index in [9.17, 15) is 4.79 Å². The fourth-order valence-electron chi connectivity index (χ4n) is 1.60. The zero-order valence-electron chi connectivity index (χ0n) is 10.7. The van der Waals surface area contributed by atoms with E-state index in [0.717, 1.165) is 17.7 Å². The molecule has 0 fully saturated rings. The number of rotatable bonds is 7. The van der Waals surface area contributed by atoms with Gasteiger partial charge >= 0.3 is 0 Å². The Kier molecular flexibility index (Phi) is 5.77. The lowest BCUT2D eigenvalue weighted by molar-refractivity contribution is -0.120. The van der Waals surface area contributed by atoms with Gasteiger partial charge in [-0.2, -0.15) is 0 Å². The smallest absolute Gasteiger partial charge is 0.219 e. The summed E-state index contributed by atoms with van der Waals surface area (Å²) in [6.45, 7) is 4.22. The maximum Gasteiger partial charge on any atom is 0.219 e. The second-order valence-electron chi connectivity index (χ2n) is 3.99. The van der Waals surface area contributed by atoms with Gasteiger partial charge in [0, 0.05) is 19.2 Å². The molecule has 4 heteroatoms. The van der Waals surface area contributed by atoms with Gasteiger partial charge in [0.1, 0.15) is 5.75 Å². The number of anilines is 1. The molecular formula is C14H20N2O2. The summed E-state index contributed by atoms with van der Waals surface area (Å²) in [5.41, 5.74) is 7.46. The lowest BCUT2D eigenvalue weighted by Crippen LogP contribution is -2.18. The average molecular weight is 248 g/mol. The van der Waals surface area contributed by atoms with Crippen LogP contribution in [0, 0.1) is 0 Å². The first kappa shape index (κ1) is 14.1. The molecule has 0 atom stereocenters. The van der Waals surface area contributed by atoms with Gasteiger partial charge in [-0.3, -0.25) is 4.79 Å². The molecule has 0 saturated heterocycles. The van der Waals surface area contributed by atoms with Gasteiger partial charge in [-0.25, -0.2) is 0 Å². The van der Waals surface area contributed by atoms with Crippen LogP contribution in [-0.4, -0.2) is 19.6 Å². The third-order valence-electron chi connectivity index (χ3n) is 2.53. The predicted molar refractivity (Wildman–Crippen MR) is 73.6 cm³/mol. The van der Waals surface area contributed by atoms with E-state index in [1.54, 1.807) is 13.1 Å².